The zero-order valence-electron chi connectivity index (χ0n) is 7.54. The number of benzene rings is 1. The monoisotopic (exact) mass is 253 g/mol. The molecule has 0 bridgehead atoms. The molecule has 0 aliphatic rings. The lowest BCUT2D eigenvalue weighted by molar-refractivity contribution is 0.102. The summed E-state index contributed by atoms with van der Waals surface area (Å²) in [4.78, 5) is 11.3. The predicted octanol–water partition coefficient (Wildman–Crippen LogP) is 2.15. The number of carbonyl (C=O) groups is 1. The van der Waals surface area contributed by atoms with Crippen molar-refractivity contribution in [2.75, 3.05) is 5.33 Å². The summed E-state index contributed by atoms with van der Waals surface area (Å²) in [5, 5.41) is 18.5. The summed E-state index contributed by atoms with van der Waals surface area (Å²) in [6.45, 7) is 1.68. The lowest BCUT2D eigenvalue weighted by Crippen LogP contribution is -2.03. The van der Waals surface area contributed by atoms with E-state index in [9.17, 15) is 9.90 Å². The maximum atomic E-state index is 11.3. The number of phenolic OH excluding ortho intramolecular Hbond substituents is 1. The van der Waals surface area contributed by atoms with Crippen LogP contribution in [0.2, 0.25) is 0 Å². The van der Waals surface area contributed by atoms with Gasteiger partial charge in [0.2, 0.25) is 0 Å². The number of hydrogen-bond acceptors (Lipinski definition) is 3. The highest BCUT2D eigenvalue weighted by Crippen LogP contribution is 2.25. The van der Waals surface area contributed by atoms with Crippen LogP contribution in [-0.2, 0) is 0 Å². The van der Waals surface area contributed by atoms with Crippen molar-refractivity contribution in [2.24, 2.45) is 0 Å². The summed E-state index contributed by atoms with van der Waals surface area (Å²) in [6, 6.07) is 5.00. The van der Waals surface area contributed by atoms with Gasteiger partial charge < -0.3 is 5.11 Å². The third-order valence-corrected chi connectivity index (χ3v) is 2.42. The molecule has 3 nitrogen and oxygen atoms in total. The molecule has 0 spiro atoms. The van der Waals surface area contributed by atoms with Gasteiger partial charge in [-0.25, -0.2) is 0 Å². The van der Waals surface area contributed by atoms with Gasteiger partial charge in [-0.15, -0.1) is 0 Å². The molecule has 4 heteroatoms. The highest BCUT2D eigenvalue weighted by molar-refractivity contribution is 9.09. The minimum atomic E-state index is -0.211. The summed E-state index contributed by atoms with van der Waals surface area (Å²) in [5.74, 6) is -0.323. The molecular formula is C10H8BrNO2. The summed E-state index contributed by atoms with van der Waals surface area (Å²) in [5.41, 5.74) is 0.898. The van der Waals surface area contributed by atoms with E-state index >= 15 is 0 Å². The molecule has 0 aliphatic heterocycles. The second kappa shape index (κ2) is 4.25. The molecule has 1 rings (SSSR count). The first-order valence-corrected chi connectivity index (χ1v) is 5.05. The number of nitriles is 1. The Kier molecular flexibility index (Phi) is 3.26. The van der Waals surface area contributed by atoms with E-state index < -0.39 is 0 Å². The van der Waals surface area contributed by atoms with E-state index in [-0.39, 0.29) is 28.0 Å². The molecule has 0 heterocycles. The van der Waals surface area contributed by atoms with Crippen molar-refractivity contribution >= 4 is 21.7 Å². The molecular weight excluding hydrogens is 246 g/mol. The lowest BCUT2D eigenvalue weighted by atomic mass is 10.0. The minimum absolute atomic E-state index is 0.0504. The number of carbonyl (C=O) groups excluding carboxylic acids is 1. The van der Waals surface area contributed by atoms with Gasteiger partial charge in [0.15, 0.2) is 5.78 Å². The van der Waals surface area contributed by atoms with Crippen LogP contribution >= 0.6 is 15.9 Å². The van der Waals surface area contributed by atoms with Gasteiger partial charge >= 0.3 is 0 Å². The highest BCUT2D eigenvalue weighted by Gasteiger charge is 2.14. The fourth-order valence-corrected chi connectivity index (χ4v) is 1.41. The Bertz CT molecular complexity index is 421. The van der Waals surface area contributed by atoms with Crippen molar-refractivity contribution in [2.45, 2.75) is 6.92 Å². The SMILES string of the molecule is Cc1ccc(C(=O)CBr)c(C#N)c1O. The summed E-state index contributed by atoms with van der Waals surface area (Å²) in [6.07, 6.45) is 0. The van der Waals surface area contributed by atoms with Crippen LogP contribution in [0.5, 0.6) is 5.75 Å². The first-order valence-electron chi connectivity index (χ1n) is 3.93. The minimum Gasteiger partial charge on any atom is -0.506 e. The Labute approximate surface area is 90.1 Å². The van der Waals surface area contributed by atoms with Gasteiger partial charge in [-0.05, 0) is 18.6 Å². The third-order valence-electron chi connectivity index (χ3n) is 1.91. The Morgan fingerprint density at radius 2 is 2.29 bits per heavy atom. The van der Waals surface area contributed by atoms with Gasteiger partial charge in [-0.3, -0.25) is 4.79 Å². The van der Waals surface area contributed by atoms with Gasteiger partial charge in [-0.2, -0.15) is 5.26 Å². The van der Waals surface area contributed by atoms with Crippen molar-refractivity contribution in [3.63, 3.8) is 0 Å². The van der Waals surface area contributed by atoms with Crippen molar-refractivity contribution in [3.05, 3.63) is 28.8 Å². The zero-order valence-corrected chi connectivity index (χ0v) is 9.13. The van der Waals surface area contributed by atoms with Gasteiger partial charge in [0.1, 0.15) is 17.4 Å². The maximum absolute atomic E-state index is 11.3. The lowest BCUT2D eigenvalue weighted by Gasteiger charge is -2.05. The smallest absolute Gasteiger partial charge is 0.174 e. The van der Waals surface area contributed by atoms with E-state index in [1.165, 1.54) is 0 Å². The average molecular weight is 254 g/mol. The van der Waals surface area contributed by atoms with Crippen molar-refractivity contribution in [1.29, 1.82) is 5.26 Å². The molecule has 1 N–H and O–H groups in total. The molecule has 0 radical (unpaired) electrons. The molecule has 14 heavy (non-hydrogen) atoms. The van der Waals surface area contributed by atoms with Crippen molar-refractivity contribution in [3.8, 4) is 11.8 Å². The first-order chi connectivity index (χ1) is 6.61. The quantitative estimate of drug-likeness (QED) is 0.649. The molecule has 0 aromatic heterocycles. The molecule has 72 valence electrons. The number of phenols is 1. The van der Waals surface area contributed by atoms with E-state index in [4.69, 9.17) is 5.26 Å². The van der Waals surface area contributed by atoms with E-state index in [0.717, 1.165) is 0 Å². The number of hydrogen-bond donors (Lipinski definition) is 1. The summed E-state index contributed by atoms with van der Waals surface area (Å²) in [7, 11) is 0. The predicted molar refractivity (Wildman–Crippen MR) is 55.7 cm³/mol. The van der Waals surface area contributed by atoms with Crippen molar-refractivity contribution < 1.29 is 9.90 Å². The topological polar surface area (TPSA) is 61.1 Å². The van der Waals surface area contributed by atoms with Gasteiger partial charge in [0, 0.05) is 5.56 Å². The summed E-state index contributed by atoms with van der Waals surface area (Å²) < 4.78 is 0. The number of aromatic hydroxyl groups is 1. The first kappa shape index (κ1) is 10.7. The normalized spacial score (nSPS) is 9.50. The molecule has 1 aromatic rings. The Hall–Kier alpha value is -1.34. The van der Waals surface area contributed by atoms with Crippen LogP contribution in [0.1, 0.15) is 21.5 Å². The highest BCUT2D eigenvalue weighted by atomic mass is 79.9. The standard InChI is InChI=1S/C10H8BrNO2/c1-6-2-3-7(9(13)4-11)8(5-12)10(6)14/h2-3,14H,4H2,1H3. The second-order valence-corrected chi connectivity index (χ2v) is 3.38. The van der Waals surface area contributed by atoms with Crippen LogP contribution in [0.3, 0.4) is 0 Å². The van der Waals surface area contributed by atoms with E-state index in [1.54, 1.807) is 19.1 Å². The molecule has 0 atom stereocenters. The van der Waals surface area contributed by atoms with E-state index in [2.05, 4.69) is 15.9 Å². The number of rotatable bonds is 2. The molecule has 0 aliphatic carbocycles. The summed E-state index contributed by atoms with van der Waals surface area (Å²) >= 11 is 3.02. The number of ketones is 1. The largest absolute Gasteiger partial charge is 0.506 e. The van der Waals surface area contributed by atoms with Gasteiger partial charge in [-0.1, -0.05) is 22.0 Å². The third kappa shape index (κ3) is 1.78. The fourth-order valence-electron chi connectivity index (χ4n) is 1.11. The van der Waals surface area contributed by atoms with Crippen LogP contribution in [0.4, 0.5) is 0 Å². The van der Waals surface area contributed by atoms with Crippen molar-refractivity contribution in [1.82, 2.24) is 0 Å². The Morgan fingerprint density at radius 1 is 1.64 bits per heavy atom. The molecule has 0 unspecified atom stereocenters. The maximum Gasteiger partial charge on any atom is 0.174 e. The number of Topliss-reactive ketones (excluding diaryl/α,β-unsaturated/α-hetero) is 1. The van der Waals surface area contributed by atoms with Gasteiger partial charge in [0.05, 0.1) is 5.33 Å². The Balaban J connectivity index is 3.40. The number of halogens is 1. The number of aryl methyl sites for hydroxylation is 1. The van der Waals surface area contributed by atoms with Crippen LogP contribution in [0.25, 0.3) is 0 Å². The molecule has 0 saturated carbocycles. The van der Waals surface area contributed by atoms with E-state index in [1.807, 2.05) is 6.07 Å². The van der Waals surface area contributed by atoms with Crippen LogP contribution in [-0.4, -0.2) is 16.2 Å². The molecule has 0 fully saturated rings. The second-order valence-electron chi connectivity index (χ2n) is 2.82. The molecule has 1 aromatic carbocycles. The number of nitrogens with zero attached hydrogens (tertiary/aromatic N) is 1. The molecule has 0 saturated heterocycles. The van der Waals surface area contributed by atoms with Crippen LogP contribution in [0, 0.1) is 18.3 Å². The fraction of sp³-hybridized carbons (Fsp3) is 0.200. The van der Waals surface area contributed by atoms with Gasteiger partial charge in [0.25, 0.3) is 0 Å². The Morgan fingerprint density at radius 3 is 2.79 bits per heavy atom. The van der Waals surface area contributed by atoms with E-state index in [0.29, 0.717) is 5.56 Å². The molecule has 0 amide bonds. The van der Waals surface area contributed by atoms with Crippen LogP contribution in [0.15, 0.2) is 12.1 Å². The average Bonchev–Trinajstić information content (AvgIpc) is 2.20. The zero-order chi connectivity index (χ0) is 10.7. The van der Waals surface area contributed by atoms with Crippen LogP contribution < -0.4 is 0 Å². The number of alkyl halides is 1.